The van der Waals surface area contributed by atoms with Crippen molar-refractivity contribution >= 4 is 40.5 Å². The van der Waals surface area contributed by atoms with Gasteiger partial charge in [0.05, 0.1) is 5.69 Å². The van der Waals surface area contributed by atoms with Crippen LogP contribution in [0.3, 0.4) is 0 Å². The molecule has 0 unspecified atom stereocenters. The van der Waals surface area contributed by atoms with Crippen molar-refractivity contribution in [2.24, 2.45) is 11.7 Å². The largest absolute Gasteiger partial charge is 0.369 e. The number of nitrogens with zero attached hydrogens (tertiary/aromatic N) is 4. The Hall–Kier alpha value is -4.18. The van der Waals surface area contributed by atoms with E-state index in [1.54, 1.807) is 0 Å². The molecule has 1 saturated carbocycles. The van der Waals surface area contributed by atoms with Crippen LogP contribution in [0.5, 0.6) is 0 Å². The number of carbonyl (C=O) groups is 2. The fourth-order valence-electron chi connectivity index (χ4n) is 6.00. The Morgan fingerprint density at radius 3 is 2.30 bits per heavy atom. The number of hydrogen-bond acceptors (Lipinski definition) is 8. The molecule has 10 heteroatoms. The second kappa shape index (κ2) is 13.4. The SMILES string of the molecule is CCc1nc(C(N)=O)c(Nc2ccc(N3CCN(C)CC3)c(C)c2)nc1NC1CCC(C(=O)Nc2ccccc2C)CC1. The quantitative estimate of drug-likeness (QED) is 0.281. The highest BCUT2D eigenvalue weighted by Gasteiger charge is 2.28. The van der Waals surface area contributed by atoms with Crippen LogP contribution in [-0.2, 0) is 11.2 Å². The third kappa shape index (κ3) is 7.25. The Bertz CT molecular complexity index is 1460. The summed E-state index contributed by atoms with van der Waals surface area (Å²) in [4.78, 5) is 39.6. The van der Waals surface area contributed by atoms with E-state index in [2.05, 4.69) is 56.8 Å². The van der Waals surface area contributed by atoms with Crippen LogP contribution >= 0.6 is 0 Å². The second-order valence-electron chi connectivity index (χ2n) is 11.8. The van der Waals surface area contributed by atoms with E-state index in [0.29, 0.717) is 23.8 Å². The molecule has 1 aliphatic heterocycles. The summed E-state index contributed by atoms with van der Waals surface area (Å²) >= 11 is 0. The molecule has 5 rings (SSSR count). The summed E-state index contributed by atoms with van der Waals surface area (Å²) in [5.41, 5.74) is 11.7. The Balaban J connectivity index is 1.27. The number of nitrogens with two attached hydrogens (primary N) is 1. The molecule has 43 heavy (non-hydrogen) atoms. The lowest BCUT2D eigenvalue weighted by molar-refractivity contribution is -0.120. The molecule has 2 aliphatic rings. The number of hydrogen-bond donors (Lipinski definition) is 4. The fraction of sp³-hybridized carbons (Fsp3) is 0.455. The second-order valence-corrected chi connectivity index (χ2v) is 11.8. The molecule has 2 heterocycles. The maximum atomic E-state index is 12.9. The molecular formula is C33H44N8O2. The number of aromatic nitrogens is 2. The number of aryl methyl sites for hydroxylation is 3. The number of rotatable bonds is 9. The lowest BCUT2D eigenvalue weighted by Crippen LogP contribution is -2.44. The number of primary amides is 1. The van der Waals surface area contributed by atoms with E-state index in [-0.39, 0.29) is 23.6 Å². The summed E-state index contributed by atoms with van der Waals surface area (Å²) in [6.07, 6.45) is 3.85. The normalized spacial score (nSPS) is 19.1. The first-order valence-electron chi connectivity index (χ1n) is 15.4. The van der Waals surface area contributed by atoms with Crippen LogP contribution in [-0.4, -0.2) is 66.0 Å². The summed E-state index contributed by atoms with van der Waals surface area (Å²) in [6, 6.07) is 14.2. The van der Waals surface area contributed by atoms with Gasteiger partial charge in [0.25, 0.3) is 5.91 Å². The molecule has 1 aliphatic carbocycles. The van der Waals surface area contributed by atoms with Gasteiger partial charge in [0.2, 0.25) is 5.91 Å². The summed E-state index contributed by atoms with van der Waals surface area (Å²) in [5.74, 6) is 0.412. The van der Waals surface area contributed by atoms with Gasteiger partial charge in [-0.3, -0.25) is 9.59 Å². The highest BCUT2D eigenvalue weighted by atomic mass is 16.2. The zero-order valence-corrected chi connectivity index (χ0v) is 25.7. The van der Waals surface area contributed by atoms with E-state index >= 15 is 0 Å². The predicted octanol–water partition coefficient (Wildman–Crippen LogP) is 4.86. The minimum Gasteiger partial charge on any atom is -0.369 e. The number of likely N-dealkylation sites (N-methyl/N-ethyl adjacent to an activating group) is 1. The third-order valence-corrected chi connectivity index (χ3v) is 8.68. The minimum absolute atomic E-state index is 0.0269. The molecule has 0 atom stereocenters. The Morgan fingerprint density at radius 1 is 0.930 bits per heavy atom. The highest BCUT2D eigenvalue weighted by molar-refractivity contribution is 5.96. The van der Waals surface area contributed by atoms with Crippen LogP contribution < -0.4 is 26.6 Å². The molecule has 2 fully saturated rings. The van der Waals surface area contributed by atoms with Crippen molar-refractivity contribution in [3.05, 3.63) is 65.0 Å². The van der Waals surface area contributed by atoms with Gasteiger partial charge >= 0.3 is 0 Å². The van der Waals surface area contributed by atoms with Gasteiger partial charge in [-0.15, -0.1) is 0 Å². The molecule has 1 saturated heterocycles. The number of piperazine rings is 1. The molecule has 10 nitrogen and oxygen atoms in total. The summed E-state index contributed by atoms with van der Waals surface area (Å²) in [7, 11) is 2.15. The van der Waals surface area contributed by atoms with Crippen molar-refractivity contribution in [3.8, 4) is 0 Å². The molecule has 2 amide bonds. The minimum atomic E-state index is -0.623. The number of para-hydroxylation sites is 1. The van der Waals surface area contributed by atoms with E-state index in [0.717, 1.165) is 74.4 Å². The van der Waals surface area contributed by atoms with E-state index < -0.39 is 5.91 Å². The Kier molecular flexibility index (Phi) is 9.45. The smallest absolute Gasteiger partial charge is 0.271 e. The number of benzene rings is 2. The Morgan fingerprint density at radius 2 is 1.65 bits per heavy atom. The first kappa shape index (κ1) is 30.3. The first-order valence-corrected chi connectivity index (χ1v) is 15.4. The molecule has 228 valence electrons. The number of carbonyl (C=O) groups excluding carboxylic acids is 2. The van der Waals surface area contributed by atoms with E-state index in [9.17, 15) is 9.59 Å². The zero-order chi connectivity index (χ0) is 30.5. The van der Waals surface area contributed by atoms with Crippen molar-refractivity contribution < 1.29 is 9.59 Å². The molecule has 0 radical (unpaired) electrons. The van der Waals surface area contributed by atoms with Crippen LogP contribution in [0.25, 0.3) is 0 Å². The van der Waals surface area contributed by atoms with Crippen molar-refractivity contribution in [1.29, 1.82) is 0 Å². The van der Waals surface area contributed by atoms with E-state index in [1.165, 1.54) is 5.69 Å². The van der Waals surface area contributed by atoms with Gasteiger partial charge in [0, 0.05) is 55.2 Å². The maximum absolute atomic E-state index is 12.9. The lowest BCUT2D eigenvalue weighted by atomic mass is 9.85. The number of amides is 2. The molecule has 3 aromatic rings. The summed E-state index contributed by atoms with van der Waals surface area (Å²) < 4.78 is 0. The van der Waals surface area contributed by atoms with Gasteiger partial charge in [-0.2, -0.15) is 0 Å². The van der Waals surface area contributed by atoms with Gasteiger partial charge in [-0.25, -0.2) is 9.97 Å². The maximum Gasteiger partial charge on any atom is 0.271 e. The topological polar surface area (TPSA) is 129 Å². The van der Waals surface area contributed by atoms with E-state index in [1.807, 2.05) is 44.2 Å². The standard InChI is InChI=1S/C33H44N8O2/c1-5-26-31(35-24-12-10-23(11-13-24)33(43)38-27-9-7-6-8-21(27)2)39-32(29(37-26)30(34)42)36-25-14-15-28(22(3)20-25)41-18-16-40(4)17-19-41/h6-9,14-15,20,23-24H,5,10-13,16-19H2,1-4H3,(H2,34,42)(H,38,43)(H2,35,36,39). The molecule has 0 bridgehead atoms. The van der Waals surface area contributed by atoms with Crippen molar-refractivity contribution in [3.63, 3.8) is 0 Å². The average Bonchev–Trinajstić information content (AvgIpc) is 2.99. The number of anilines is 5. The predicted molar refractivity (Wildman–Crippen MR) is 173 cm³/mol. The van der Waals surface area contributed by atoms with Crippen molar-refractivity contribution in [2.75, 3.05) is 54.1 Å². The monoisotopic (exact) mass is 584 g/mol. The molecule has 5 N–H and O–H groups in total. The van der Waals surface area contributed by atoms with Gasteiger partial charge in [0.1, 0.15) is 5.82 Å². The average molecular weight is 585 g/mol. The number of nitrogens with one attached hydrogen (secondary N) is 3. The van der Waals surface area contributed by atoms with Gasteiger partial charge in [-0.1, -0.05) is 25.1 Å². The van der Waals surface area contributed by atoms with Crippen LogP contribution in [0, 0.1) is 19.8 Å². The van der Waals surface area contributed by atoms with Crippen molar-refractivity contribution in [2.45, 2.75) is 58.9 Å². The highest BCUT2D eigenvalue weighted by Crippen LogP contribution is 2.31. The Labute approximate surface area is 254 Å². The molecule has 1 aromatic heterocycles. The fourth-order valence-corrected chi connectivity index (χ4v) is 6.00. The van der Waals surface area contributed by atoms with Gasteiger partial charge in [-0.05, 0) is 88.4 Å². The van der Waals surface area contributed by atoms with Crippen LogP contribution in [0.1, 0.15) is 59.9 Å². The molecular weight excluding hydrogens is 540 g/mol. The third-order valence-electron chi connectivity index (χ3n) is 8.68. The zero-order valence-electron chi connectivity index (χ0n) is 25.7. The van der Waals surface area contributed by atoms with Gasteiger partial charge in [0.15, 0.2) is 11.5 Å². The van der Waals surface area contributed by atoms with Crippen LogP contribution in [0.4, 0.5) is 28.7 Å². The first-order chi connectivity index (χ1) is 20.7. The molecule has 2 aromatic carbocycles. The van der Waals surface area contributed by atoms with E-state index in [4.69, 9.17) is 10.7 Å². The van der Waals surface area contributed by atoms with Crippen molar-refractivity contribution in [1.82, 2.24) is 14.9 Å². The van der Waals surface area contributed by atoms with Gasteiger partial charge < -0.3 is 31.5 Å². The lowest BCUT2D eigenvalue weighted by Gasteiger charge is -2.35. The summed E-state index contributed by atoms with van der Waals surface area (Å²) in [6.45, 7) is 10.2. The molecule has 0 spiro atoms. The summed E-state index contributed by atoms with van der Waals surface area (Å²) in [5, 5.41) is 9.99. The van der Waals surface area contributed by atoms with Crippen LogP contribution in [0.15, 0.2) is 42.5 Å². The van der Waals surface area contributed by atoms with Crippen LogP contribution in [0.2, 0.25) is 0 Å².